The molecule has 1 aliphatic carbocycles. The van der Waals surface area contributed by atoms with Gasteiger partial charge in [0, 0.05) is 25.6 Å². The third kappa shape index (κ3) is 4.71. The van der Waals surface area contributed by atoms with E-state index in [1.807, 2.05) is 36.1 Å². The number of amides is 2. The molecule has 1 atom stereocenters. The van der Waals surface area contributed by atoms with Crippen molar-refractivity contribution in [1.82, 2.24) is 9.80 Å². The highest BCUT2D eigenvalue weighted by Crippen LogP contribution is 2.26. The van der Waals surface area contributed by atoms with Gasteiger partial charge in [-0.1, -0.05) is 43.5 Å². The average molecular weight is 439 g/mol. The Morgan fingerprint density at radius 1 is 1.06 bits per heavy atom. The van der Waals surface area contributed by atoms with E-state index >= 15 is 0 Å². The zero-order chi connectivity index (χ0) is 22.5. The van der Waals surface area contributed by atoms with Crippen molar-refractivity contribution in [2.24, 2.45) is 0 Å². The molecule has 7 heteroatoms. The van der Waals surface area contributed by atoms with Crippen LogP contribution in [0.5, 0.6) is 0 Å². The molecule has 0 radical (unpaired) electrons. The number of carbonyl (C=O) groups excluding carboxylic acids is 3. The van der Waals surface area contributed by atoms with Gasteiger partial charge in [-0.05, 0) is 43.0 Å². The van der Waals surface area contributed by atoms with Gasteiger partial charge in [-0.2, -0.15) is 0 Å². The number of carbonyl (C=O) groups is 3. The highest BCUT2D eigenvalue weighted by Gasteiger charge is 2.37. The van der Waals surface area contributed by atoms with Crippen LogP contribution in [0.4, 0.5) is 0 Å². The number of esters is 1. The fourth-order valence-electron chi connectivity index (χ4n) is 4.83. The maximum atomic E-state index is 13.1. The van der Waals surface area contributed by atoms with Gasteiger partial charge in [0.05, 0.1) is 6.26 Å². The predicted octanol–water partition coefficient (Wildman–Crippen LogP) is 3.57. The molecule has 2 heterocycles. The fourth-order valence-corrected chi connectivity index (χ4v) is 4.83. The van der Waals surface area contributed by atoms with Crippen LogP contribution in [0.1, 0.15) is 60.7 Å². The summed E-state index contributed by atoms with van der Waals surface area (Å²) in [4.78, 5) is 42.2. The molecule has 0 spiro atoms. The Morgan fingerprint density at radius 2 is 1.81 bits per heavy atom. The molecule has 4 rings (SSSR count). The second-order valence-electron chi connectivity index (χ2n) is 8.48. The molecule has 1 unspecified atom stereocenters. The van der Waals surface area contributed by atoms with E-state index in [1.165, 1.54) is 17.6 Å². The van der Waals surface area contributed by atoms with Crippen LogP contribution in [0.15, 0.2) is 47.1 Å². The van der Waals surface area contributed by atoms with Crippen LogP contribution < -0.4 is 0 Å². The average Bonchev–Trinajstić information content (AvgIpc) is 3.37. The first kappa shape index (κ1) is 22.1. The van der Waals surface area contributed by atoms with E-state index in [9.17, 15) is 14.4 Å². The van der Waals surface area contributed by atoms with E-state index in [0.29, 0.717) is 13.0 Å². The molecular formula is C25H30N2O5. The maximum Gasteiger partial charge on any atom is 0.329 e. The number of rotatable bonds is 6. The number of hydrogen-bond acceptors (Lipinski definition) is 5. The number of nitrogens with zero attached hydrogens (tertiary/aromatic N) is 2. The Balaban J connectivity index is 1.46. The lowest BCUT2D eigenvalue weighted by Crippen LogP contribution is -2.50. The number of fused-ring (bicyclic) bond motifs is 1. The number of benzene rings is 1. The molecule has 32 heavy (non-hydrogen) atoms. The monoisotopic (exact) mass is 438 g/mol. The van der Waals surface area contributed by atoms with Gasteiger partial charge in [0.2, 0.25) is 0 Å². The van der Waals surface area contributed by atoms with E-state index in [2.05, 4.69) is 0 Å². The maximum absolute atomic E-state index is 13.1. The van der Waals surface area contributed by atoms with Crippen LogP contribution in [-0.4, -0.2) is 52.8 Å². The van der Waals surface area contributed by atoms with Crippen molar-refractivity contribution >= 4 is 17.8 Å². The highest BCUT2D eigenvalue weighted by molar-refractivity contribution is 5.95. The van der Waals surface area contributed by atoms with E-state index in [1.54, 1.807) is 12.1 Å². The molecule has 2 aliphatic rings. The van der Waals surface area contributed by atoms with Gasteiger partial charge in [0.1, 0.15) is 6.04 Å². The predicted molar refractivity (Wildman–Crippen MR) is 118 cm³/mol. The largest absolute Gasteiger partial charge is 0.459 e. The fraction of sp³-hybridized carbons (Fsp3) is 0.480. The third-order valence-electron chi connectivity index (χ3n) is 6.53. The van der Waals surface area contributed by atoms with Gasteiger partial charge in [-0.3, -0.25) is 9.59 Å². The van der Waals surface area contributed by atoms with Crippen molar-refractivity contribution in [3.8, 4) is 0 Å². The lowest BCUT2D eigenvalue weighted by molar-refractivity contribution is -0.157. The molecule has 0 bridgehead atoms. The molecule has 7 nitrogen and oxygen atoms in total. The lowest BCUT2D eigenvalue weighted by atomic mass is 9.93. The zero-order valence-electron chi connectivity index (χ0n) is 18.5. The van der Waals surface area contributed by atoms with E-state index in [-0.39, 0.29) is 36.8 Å². The summed E-state index contributed by atoms with van der Waals surface area (Å²) in [6.07, 6.45) is 7.23. The van der Waals surface area contributed by atoms with Gasteiger partial charge in [-0.25, -0.2) is 4.79 Å². The number of hydrogen-bond donors (Lipinski definition) is 0. The van der Waals surface area contributed by atoms with Gasteiger partial charge < -0.3 is 19.0 Å². The molecule has 1 saturated carbocycles. The van der Waals surface area contributed by atoms with Crippen molar-refractivity contribution in [2.45, 2.75) is 64.1 Å². The first-order chi connectivity index (χ1) is 15.6. The van der Waals surface area contributed by atoms with E-state index in [4.69, 9.17) is 9.15 Å². The minimum absolute atomic E-state index is 0.173. The van der Waals surface area contributed by atoms with Crippen LogP contribution in [0.25, 0.3) is 0 Å². The van der Waals surface area contributed by atoms with Crippen molar-refractivity contribution in [3.05, 3.63) is 59.5 Å². The molecule has 1 aromatic carbocycles. The summed E-state index contributed by atoms with van der Waals surface area (Å²) >= 11 is 0. The SMILES string of the molecule is CCN(C(=O)COC(=O)C1Cc2ccccc2CN1C(=O)c1ccco1)C1CCCCC1. The van der Waals surface area contributed by atoms with Gasteiger partial charge in [0.25, 0.3) is 11.8 Å². The molecular weight excluding hydrogens is 408 g/mol. The minimum Gasteiger partial charge on any atom is -0.459 e. The minimum atomic E-state index is -0.806. The molecule has 1 aliphatic heterocycles. The van der Waals surface area contributed by atoms with Crippen molar-refractivity contribution in [3.63, 3.8) is 0 Å². The topological polar surface area (TPSA) is 80.1 Å². The van der Waals surface area contributed by atoms with Crippen LogP contribution >= 0.6 is 0 Å². The smallest absolute Gasteiger partial charge is 0.329 e. The third-order valence-corrected chi connectivity index (χ3v) is 6.53. The second kappa shape index (κ2) is 10.0. The summed E-state index contributed by atoms with van der Waals surface area (Å²) in [6, 6.07) is 10.4. The van der Waals surface area contributed by atoms with Gasteiger partial charge >= 0.3 is 5.97 Å². The summed E-state index contributed by atoms with van der Waals surface area (Å²) in [5.74, 6) is -0.928. The van der Waals surface area contributed by atoms with E-state index in [0.717, 1.165) is 36.8 Å². The quantitative estimate of drug-likeness (QED) is 0.644. The standard InChI is InChI=1S/C25H30N2O5/c1-2-26(20-11-4-3-5-12-20)23(28)17-32-25(30)21-15-18-9-6-7-10-19(18)16-27(21)24(29)22-13-8-14-31-22/h6-10,13-14,20-21H,2-5,11-12,15-17H2,1H3. The molecule has 0 N–H and O–H groups in total. The van der Waals surface area contributed by atoms with Crippen molar-refractivity contribution in [1.29, 1.82) is 0 Å². The number of ether oxygens (including phenoxy) is 1. The Labute approximate surface area is 188 Å². The normalized spacial score (nSPS) is 18.7. The summed E-state index contributed by atoms with van der Waals surface area (Å²) < 4.78 is 10.7. The Kier molecular flexibility index (Phi) is 6.93. The first-order valence-corrected chi connectivity index (χ1v) is 11.5. The van der Waals surface area contributed by atoms with Crippen molar-refractivity contribution in [2.75, 3.05) is 13.2 Å². The molecule has 2 amide bonds. The van der Waals surface area contributed by atoms with Crippen molar-refractivity contribution < 1.29 is 23.5 Å². The molecule has 2 aromatic rings. The van der Waals surface area contributed by atoms with Gasteiger partial charge in [-0.15, -0.1) is 0 Å². The summed E-state index contributed by atoms with van der Waals surface area (Å²) in [5.41, 5.74) is 1.99. The lowest BCUT2D eigenvalue weighted by Gasteiger charge is -2.35. The van der Waals surface area contributed by atoms with Crippen LogP contribution in [0, 0.1) is 0 Å². The number of likely N-dealkylation sites (N-methyl/N-ethyl adjacent to an activating group) is 1. The molecule has 1 fully saturated rings. The van der Waals surface area contributed by atoms with Gasteiger partial charge in [0.15, 0.2) is 12.4 Å². The highest BCUT2D eigenvalue weighted by atomic mass is 16.5. The second-order valence-corrected chi connectivity index (χ2v) is 8.48. The van der Waals surface area contributed by atoms with Crippen LogP contribution in [0.3, 0.4) is 0 Å². The van der Waals surface area contributed by atoms with Crippen LogP contribution in [0.2, 0.25) is 0 Å². The summed E-state index contributed by atoms with van der Waals surface area (Å²) in [7, 11) is 0. The molecule has 1 aromatic heterocycles. The van der Waals surface area contributed by atoms with Crippen LogP contribution in [-0.2, 0) is 27.3 Å². The number of furan rings is 1. The Hall–Kier alpha value is -3.09. The Bertz CT molecular complexity index is 949. The first-order valence-electron chi connectivity index (χ1n) is 11.5. The molecule has 0 saturated heterocycles. The Morgan fingerprint density at radius 3 is 2.50 bits per heavy atom. The summed E-state index contributed by atoms with van der Waals surface area (Å²) in [6.45, 7) is 2.54. The zero-order valence-corrected chi connectivity index (χ0v) is 18.5. The summed E-state index contributed by atoms with van der Waals surface area (Å²) in [5, 5.41) is 0. The molecule has 170 valence electrons. The van der Waals surface area contributed by atoms with E-state index < -0.39 is 12.0 Å².